The maximum Gasteiger partial charge on any atom is 0.266 e. The third-order valence-corrected chi connectivity index (χ3v) is 5.56. The van der Waals surface area contributed by atoms with Crippen molar-refractivity contribution in [3.8, 4) is 5.75 Å². The van der Waals surface area contributed by atoms with E-state index in [0.717, 1.165) is 20.1 Å². The van der Waals surface area contributed by atoms with Crippen LogP contribution in [0.3, 0.4) is 0 Å². The Labute approximate surface area is 175 Å². The first-order valence-electron chi connectivity index (χ1n) is 7.16. The number of carbonyl (C=O) groups is 1. The Morgan fingerprint density at radius 3 is 2.96 bits per heavy atom. The number of amidine groups is 1. The molecule has 0 saturated carbocycles. The first-order chi connectivity index (χ1) is 12.0. The normalized spacial score (nSPS) is 13.0. The molecule has 0 radical (unpaired) electrons. The number of hydrogen-bond donors (Lipinski definition) is 2. The summed E-state index contributed by atoms with van der Waals surface area (Å²) in [4.78, 5) is 16.3. The van der Waals surface area contributed by atoms with Crippen molar-refractivity contribution in [3.05, 3.63) is 49.1 Å². The van der Waals surface area contributed by atoms with Crippen molar-refractivity contribution >= 4 is 85.6 Å². The molecule has 0 spiro atoms. The molecule has 128 valence electrons. The SMILES string of the molecule is O=C(CSC1=Nc2ccccc2[NH2+]1)N/N=C/c1cc(I)cc(I)c1[O-]. The Hall–Kier alpha value is -1.18. The lowest BCUT2D eigenvalue weighted by Gasteiger charge is -2.13. The maximum atomic E-state index is 12.0. The molecule has 9 heteroatoms. The first-order valence-corrected chi connectivity index (χ1v) is 10.3. The van der Waals surface area contributed by atoms with Crippen molar-refractivity contribution < 1.29 is 15.2 Å². The molecule has 0 aliphatic carbocycles. The Morgan fingerprint density at radius 1 is 1.36 bits per heavy atom. The lowest BCUT2D eigenvalue weighted by molar-refractivity contribution is -0.432. The topological polar surface area (TPSA) is 93.5 Å². The molecular weight excluding hydrogens is 566 g/mol. The van der Waals surface area contributed by atoms with Gasteiger partial charge in [0.2, 0.25) is 0 Å². The van der Waals surface area contributed by atoms with Gasteiger partial charge in [0.25, 0.3) is 11.1 Å². The summed E-state index contributed by atoms with van der Waals surface area (Å²) in [6.45, 7) is 0. The van der Waals surface area contributed by atoms with Crippen LogP contribution in [-0.4, -0.2) is 23.0 Å². The molecule has 25 heavy (non-hydrogen) atoms. The number of nitrogens with two attached hydrogens (primary N) is 1. The average molecular weight is 578 g/mol. The van der Waals surface area contributed by atoms with Crippen LogP contribution in [0.4, 0.5) is 11.4 Å². The summed E-state index contributed by atoms with van der Waals surface area (Å²) in [7, 11) is 0. The van der Waals surface area contributed by atoms with Crippen LogP contribution in [0.15, 0.2) is 46.5 Å². The van der Waals surface area contributed by atoms with Crippen LogP contribution in [0.25, 0.3) is 0 Å². The zero-order valence-corrected chi connectivity index (χ0v) is 17.8. The van der Waals surface area contributed by atoms with Crippen LogP contribution in [0.5, 0.6) is 5.75 Å². The van der Waals surface area contributed by atoms with Gasteiger partial charge in [0, 0.05) is 13.2 Å². The van der Waals surface area contributed by atoms with Gasteiger partial charge in [0.1, 0.15) is 5.69 Å². The quantitative estimate of drug-likeness (QED) is 0.252. The highest BCUT2D eigenvalue weighted by atomic mass is 127. The number of hydrazone groups is 1. The molecule has 1 heterocycles. The van der Waals surface area contributed by atoms with Gasteiger partial charge in [-0.25, -0.2) is 5.43 Å². The number of thioether (sulfide) groups is 1. The van der Waals surface area contributed by atoms with Gasteiger partial charge in [-0.3, -0.25) is 10.1 Å². The van der Waals surface area contributed by atoms with E-state index < -0.39 is 0 Å². The molecule has 2 aromatic carbocycles. The minimum atomic E-state index is -0.249. The second-order valence-electron chi connectivity index (χ2n) is 5.04. The number of para-hydroxylation sites is 2. The summed E-state index contributed by atoms with van der Waals surface area (Å²) >= 11 is 5.47. The summed E-state index contributed by atoms with van der Waals surface area (Å²) in [5.74, 6) is -0.142. The van der Waals surface area contributed by atoms with E-state index >= 15 is 0 Å². The molecule has 0 fully saturated rings. The van der Waals surface area contributed by atoms with Crippen LogP contribution in [0.2, 0.25) is 0 Å². The highest BCUT2D eigenvalue weighted by Crippen LogP contribution is 2.25. The number of benzene rings is 2. The fraction of sp³-hybridized carbons (Fsp3) is 0.0625. The van der Waals surface area contributed by atoms with Gasteiger partial charge in [0.15, 0.2) is 5.69 Å². The molecule has 1 amide bonds. The van der Waals surface area contributed by atoms with E-state index in [9.17, 15) is 9.90 Å². The van der Waals surface area contributed by atoms with E-state index in [1.54, 1.807) is 12.1 Å². The van der Waals surface area contributed by atoms with Gasteiger partial charge in [-0.2, -0.15) is 10.1 Å². The van der Waals surface area contributed by atoms with E-state index in [2.05, 4.69) is 38.1 Å². The molecule has 0 aromatic heterocycles. The number of carbonyl (C=O) groups excluding carboxylic acids is 1. The maximum absolute atomic E-state index is 12.0. The van der Waals surface area contributed by atoms with Crippen molar-refractivity contribution in [2.45, 2.75) is 0 Å². The summed E-state index contributed by atoms with van der Waals surface area (Å²) in [6, 6.07) is 11.3. The van der Waals surface area contributed by atoms with Gasteiger partial charge < -0.3 is 5.11 Å². The first kappa shape index (κ1) is 18.6. The number of quaternary nitrogens is 1. The average Bonchev–Trinajstić information content (AvgIpc) is 3.00. The van der Waals surface area contributed by atoms with Gasteiger partial charge in [-0.05, 0) is 80.7 Å². The van der Waals surface area contributed by atoms with Crippen LogP contribution < -0.4 is 15.8 Å². The molecule has 3 rings (SSSR count). The van der Waals surface area contributed by atoms with Crippen LogP contribution in [-0.2, 0) is 4.79 Å². The zero-order valence-electron chi connectivity index (χ0n) is 12.7. The van der Waals surface area contributed by atoms with E-state index in [4.69, 9.17) is 0 Å². The van der Waals surface area contributed by atoms with Crippen molar-refractivity contribution in [3.63, 3.8) is 0 Å². The number of aliphatic imine (C=N–C) groups is 1. The minimum absolute atomic E-state index is 0.0962. The van der Waals surface area contributed by atoms with Crippen molar-refractivity contribution in [2.24, 2.45) is 10.1 Å². The Kier molecular flexibility index (Phi) is 6.30. The number of halogens is 2. The third kappa shape index (κ3) is 4.92. The highest BCUT2D eigenvalue weighted by Gasteiger charge is 2.19. The summed E-state index contributed by atoms with van der Waals surface area (Å²) in [5.41, 5.74) is 4.86. The largest absolute Gasteiger partial charge is 0.871 e. The number of amides is 1. The molecule has 1 aliphatic heterocycles. The van der Waals surface area contributed by atoms with Crippen LogP contribution in [0.1, 0.15) is 5.56 Å². The van der Waals surface area contributed by atoms with E-state index in [1.165, 1.54) is 18.0 Å². The van der Waals surface area contributed by atoms with Crippen molar-refractivity contribution in [1.29, 1.82) is 0 Å². The molecule has 0 unspecified atom stereocenters. The number of nitrogens with one attached hydrogen (secondary N) is 1. The Bertz CT molecular complexity index is 886. The van der Waals surface area contributed by atoms with Gasteiger partial charge in [0.05, 0.1) is 12.0 Å². The number of rotatable bonds is 4. The minimum Gasteiger partial charge on any atom is -0.871 e. The lowest BCUT2D eigenvalue weighted by atomic mass is 10.2. The standard InChI is InChI=1S/C16H12I2N4O2S/c17-10-5-9(15(24)11(18)6-10)7-19-22-14(23)8-25-16-20-12-3-1-2-4-13(12)21-16/h1-7,24H,8H2,(H,20,21)(H,22,23)/b19-7+. The molecule has 3 N–H and O–H groups in total. The number of nitrogens with zero attached hydrogens (tertiary/aromatic N) is 2. The number of fused-ring (bicyclic) bond motifs is 1. The smallest absolute Gasteiger partial charge is 0.266 e. The molecule has 0 saturated heterocycles. The summed E-state index contributed by atoms with van der Waals surface area (Å²) in [5, 5.41) is 18.6. The molecule has 0 atom stereocenters. The third-order valence-electron chi connectivity index (χ3n) is 3.23. The van der Waals surface area contributed by atoms with E-state index in [1.807, 2.05) is 52.2 Å². The summed E-state index contributed by atoms with van der Waals surface area (Å²) < 4.78 is 1.57. The van der Waals surface area contributed by atoms with Gasteiger partial charge in [-0.1, -0.05) is 17.9 Å². The lowest BCUT2D eigenvalue weighted by Crippen LogP contribution is -2.79. The molecule has 6 nitrogen and oxygen atoms in total. The highest BCUT2D eigenvalue weighted by molar-refractivity contribution is 14.1. The second-order valence-corrected chi connectivity index (χ2v) is 8.44. The van der Waals surface area contributed by atoms with Crippen molar-refractivity contribution in [2.75, 3.05) is 5.75 Å². The van der Waals surface area contributed by atoms with Gasteiger partial charge in [-0.15, -0.1) is 0 Å². The van der Waals surface area contributed by atoms with Crippen LogP contribution in [0, 0.1) is 7.14 Å². The van der Waals surface area contributed by atoms with Crippen molar-refractivity contribution in [1.82, 2.24) is 5.43 Å². The molecule has 1 aliphatic rings. The van der Waals surface area contributed by atoms with Gasteiger partial charge >= 0.3 is 0 Å². The molecule has 0 bridgehead atoms. The van der Waals surface area contributed by atoms with E-state index in [-0.39, 0.29) is 17.4 Å². The Balaban J connectivity index is 1.51. The van der Waals surface area contributed by atoms with E-state index in [0.29, 0.717) is 9.13 Å². The zero-order chi connectivity index (χ0) is 17.8. The predicted octanol–water partition coefficient (Wildman–Crippen LogP) is 2.05. The fourth-order valence-corrected chi connectivity index (χ4v) is 4.70. The molecular formula is C16H12I2N4O2S. The number of hydrogen-bond acceptors (Lipinski definition) is 5. The second kappa shape index (κ2) is 8.47. The van der Waals surface area contributed by atoms with Crippen LogP contribution >= 0.6 is 56.9 Å². The fourth-order valence-electron chi connectivity index (χ4n) is 2.09. The molecule has 2 aromatic rings. The summed E-state index contributed by atoms with van der Waals surface area (Å²) in [6.07, 6.45) is 1.38. The Morgan fingerprint density at radius 2 is 2.16 bits per heavy atom. The monoisotopic (exact) mass is 578 g/mol. The predicted molar refractivity (Wildman–Crippen MR) is 115 cm³/mol.